The number of aliphatic hydroxyl groups is 1. The molecule has 2 aliphatic carbocycles. The van der Waals surface area contributed by atoms with Crippen LogP contribution in [0.25, 0.3) is 0 Å². The van der Waals surface area contributed by atoms with Crippen molar-refractivity contribution in [1.82, 2.24) is 10.2 Å². The quantitative estimate of drug-likeness (QED) is 0.736. The van der Waals surface area contributed by atoms with E-state index in [9.17, 15) is 9.90 Å². The second kappa shape index (κ2) is 4.25. The molecule has 1 amide bonds. The molecule has 17 heavy (non-hydrogen) atoms. The molecular weight excluding hydrogens is 216 g/mol. The van der Waals surface area contributed by atoms with Crippen molar-refractivity contribution in [1.29, 1.82) is 0 Å². The van der Waals surface area contributed by atoms with Crippen LogP contribution in [0, 0.1) is 17.8 Å². The fourth-order valence-electron chi connectivity index (χ4n) is 4.32. The van der Waals surface area contributed by atoms with E-state index in [-0.39, 0.29) is 12.0 Å². The Bertz CT molecular complexity index is 319. The van der Waals surface area contributed by atoms with Crippen LogP contribution in [0.1, 0.15) is 26.2 Å². The molecule has 1 saturated heterocycles. The number of rotatable bonds is 4. The second-order valence-corrected chi connectivity index (χ2v) is 5.84. The third-order valence-electron chi connectivity index (χ3n) is 4.95. The molecule has 3 rings (SSSR count). The number of carbonyl (C=O) groups is 1. The highest BCUT2D eigenvalue weighted by atomic mass is 16.3. The van der Waals surface area contributed by atoms with E-state index in [4.69, 9.17) is 0 Å². The van der Waals surface area contributed by atoms with Gasteiger partial charge in [-0.05, 0) is 37.5 Å². The van der Waals surface area contributed by atoms with Crippen molar-refractivity contribution < 1.29 is 9.90 Å². The number of aliphatic hydroxyl groups excluding tert-OH is 1. The van der Waals surface area contributed by atoms with Crippen LogP contribution in [-0.2, 0) is 4.79 Å². The molecule has 96 valence electrons. The van der Waals surface area contributed by atoms with Gasteiger partial charge >= 0.3 is 0 Å². The molecule has 3 fully saturated rings. The maximum Gasteiger partial charge on any atom is 0.221 e. The van der Waals surface area contributed by atoms with E-state index in [2.05, 4.69) is 10.2 Å². The lowest BCUT2D eigenvalue weighted by Crippen LogP contribution is -2.42. The first kappa shape index (κ1) is 11.5. The minimum absolute atomic E-state index is 0.131. The van der Waals surface area contributed by atoms with E-state index in [1.54, 1.807) is 0 Å². The fraction of sp³-hybridized carbons (Fsp3) is 0.923. The molecule has 0 radical (unpaired) electrons. The number of fused-ring (bicyclic) bond motifs is 1. The highest BCUT2D eigenvalue weighted by Gasteiger charge is 2.58. The van der Waals surface area contributed by atoms with Gasteiger partial charge in [-0.1, -0.05) is 0 Å². The molecule has 0 spiro atoms. The van der Waals surface area contributed by atoms with E-state index in [1.807, 2.05) is 6.92 Å². The minimum Gasteiger partial charge on any atom is -0.391 e. The molecule has 1 aliphatic heterocycles. The van der Waals surface area contributed by atoms with Crippen LogP contribution in [-0.4, -0.2) is 47.7 Å². The molecule has 0 aromatic heterocycles. The summed E-state index contributed by atoms with van der Waals surface area (Å²) in [4.78, 5) is 13.8. The van der Waals surface area contributed by atoms with E-state index in [0.29, 0.717) is 30.8 Å². The van der Waals surface area contributed by atoms with Crippen molar-refractivity contribution in [3.8, 4) is 0 Å². The summed E-state index contributed by atoms with van der Waals surface area (Å²) in [5.41, 5.74) is 0. The van der Waals surface area contributed by atoms with Crippen LogP contribution in [0.3, 0.4) is 0 Å². The Hall–Kier alpha value is -0.610. The standard InChI is InChI=1S/C13H22N2O2/c1-2-14-11(16)3-4-15-7-9-5-8-6-10(9)12(15)13(8)17/h8-10,12-13,17H,2-7H2,1H3,(H,14,16). The van der Waals surface area contributed by atoms with Gasteiger partial charge in [0.25, 0.3) is 0 Å². The normalized spacial score (nSPS) is 43.3. The second-order valence-electron chi connectivity index (χ2n) is 5.84. The molecule has 0 aromatic rings. The first-order chi connectivity index (χ1) is 8.20. The highest BCUT2D eigenvalue weighted by molar-refractivity contribution is 5.75. The predicted molar refractivity (Wildman–Crippen MR) is 64.4 cm³/mol. The Labute approximate surface area is 102 Å². The molecule has 4 nitrogen and oxygen atoms in total. The molecule has 1 heterocycles. The molecule has 5 atom stereocenters. The topological polar surface area (TPSA) is 52.6 Å². The lowest BCUT2D eigenvalue weighted by atomic mass is 9.88. The smallest absolute Gasteiger partial charge is 0.221 e. The molecule has 2 saturated carbocycles. The van der Waals surface area contributed by atoms with Crippen molar-refractivity contribution in [2.45, 2.75) is 38.3 Å². The van der Waals surface area contributed by atoms with Gasteiger partial charge < -0.3 is 10.4 Å². The van der Waals surface area contributed by atoms with Crippen molar-refractivity contribution in [3.63, 3.8) is 0 Å². The van der Waals surface area contributed by atoms with E-state index in [1.165, 1.54) is 12.8 Å². The lowest BCUT2D eigenvalue weighted by Gasteiger charge is -2.28. The third kappa shape index (κ3) is 1.78. The number of nitrogens with zero attached hydrogens (tertiary/aromatic N) is 1. The SMILES string of the molecule is CCNC(=O)CCN1CC2CC3CC2C1C3O. The van der Waals surface area contributed by atoms with Crippen LogP contribution in [0.5, 0.6) is 0 Å². The Morgan fingerprint density at radius 2 is 2.24 bits per heavy atom. The Kier molecular flexibility index (Phi) is 2.87. The molecule has 0 aromatic carbocycles. The van der Waals surface area contributed by atoms with Gasteiger partial charge in [0.1, 0.15) is 0 Å². The monoisotopic (exact) mass is 238 g/mol. The van der Waals surface area contributed by atoms with E-state index >= 15 is 0 Å². The van der Waals surface area contributed by atoms with Crippen LogP contribution < -0.4 is 5.32 Å². The number of nitrogens with one attached hydrogen (secondary N) is 1. The van der Waals surface area contributed by atoms with Gasteiger partial charge in [0.05, 0.1) is 6.10 Å². The van der Waals surface area contributed by atoms with Crippen molar-refractivity contribution >= 4 is 5.91 Å². The maximum atomic E-state index is 11.5. The zero-order valence-corrected chi connectivity index (χ0v) is 10.4. The lowest BCUT2D eigenvalue weighted by molar-refractivity contribution is -0.121. The number of hydrogen-bond donors (Lipinski definition) is 2. The van der Waals surface area contributed by atoms with Gasteiger partial charge in [0, 0.05) is 32.1 Å². The number of likely N-dealkylation sites (tertiary alicyclic amines) is 1. The average molecular weight is 238 g/mol. The Morgan fingerprint density at radius 1 is 1.41 bits per heavy atom. The number of hydrogen-bond acceptors (Lipinski definition) is 3. The highest BCUT2D eigenvalue weighted by Crippen LogP contribution is 2.54. The summed E-state index contributed by atoms with van der Waals surface area (Å²) in [6.45, 7) is 4.56. The third-order valence-corrected chi connectivity index (χ3v) is 4.95. The fourth-order valence-corrected chi connectivity index (χ4v) is 4.32. The van der Waals surface area contributed by atoms with Crippen molar-refractivity contribution in [2.75, 3.05) is 19.6 Å². The van der Waals surface area contributed by atoms with Crippen LogP contribution in [0.2, 0.25) is 0 Å². The van der Waals surface area contributed by atoms with Gasteiger partial charge in [-0.3, -0.25) is 9.69 Å². The summed E-state index contributed by atoms with van der Waals surface area (Å²) in [5, 5.41) is 13.0. The zero-order valence-electron chi connectivity index (χ0n) is 10.4. The predicted octanol–water partition coefficient (Wildman–Crippen LogP) is 0.214. The summed E-state index contributed by atoms with van der Waals surface area (Å²) in [5.74, 6) is 2.19. The largest absolute Gasteiger partial charge is 0.391 e. The summed E-state index contributed by atoms with van der Waals surface area (Å²) in [7, 11) is 0. The maximum absolute atomic E-state index is 11.5. The molecule has 2 bridgehead atoms. The number of amides is 1. The van der Waals surface area contributed by atoms with E-state index in [0.717, 1.165) is 19.0 Å². The summed E-state index contributed by atoms with van der Waals surface area (Å²) < 4.78 is 0. The van der Waals surface area contributed by atoms with Gasteiger partial charge in [-0.15, -0.1) is 0 Å². The molecule has 2 N–H and O–H groups in total. The zero-order chi connectivity index (χ0) is 12.0. The average Bonchev–Trinajstić information content (AvgIpc) is 2.87. The molecule has 3 aliphatic rings. The Morgan fingerprint density at radius 3 is 2.94 bits per heavy atom. The first-order valence-electron chi connectivity index (χ1n) is 6.89. The summed E-state index contributed by atoms with van der Waals surface area (Å²) >= 11 is 0. The van der Waals surface area contributed by atoms with E-state index < -0.39 is 0 Å². The van der Waals surface area contributed by atoms with Gasteiger partial charge in [0.15, 0.2) is 0 Å². The van der Waals surface area contributed by atoms with Crippen LogP contribution in [0.4, 0.5) is 0 Å². The molecule has 4 heteroatoms. The Balaban J connectivity index is 1.57. The van der Waals surface area contributed by atoms with Crippen molar-refractivity contribution in [3.05, 3.63) is 0 Å². The molecule has 5 unspecified atom stereocenters. The van der Waals surface area contributed by atoms with Gasteiger partial charge in [-0.25, -0.2) is 0 Å². The number of carbonyl (C=O) groups excluding carboxylic acids is 1. The summed E-state index contributed by atoms with van der Waals surface area (Å²) in [6.07, 6.45) is 2.86. The minimum atomic E-state index is -0.131. The van der Waals surface area contributed by atoms with Crippen LogP contribution in [0.15, 0.2) is 0 Å². The van der Waals surface area contributed by atoms with Crippen molar-refractivity contribution in [2.24, 2.45) is 17.8 Å². The van der Waals surface area contributed by atoms with Gasteiger partial charge in [0.2, 0.25) is 5.91 Å². The van der Waals surface area contributed by atoms with Gasteiger partial charge in [-0.2, -0.15) is 0 Å². The molecular formula is C13H22N2O2. The first-order valence-corrected chi connectivity index (χ1v) is 6.89. The van der Waals surface area contributed by atoms with Crippen LogP contribution >= 0.6 is 0 Å². The summed E-state index contributed by atoms with van der Waals surface area (Å²) in [6, 6.07) is 0.355.